The van der Waals surface area contributed by atoms with Crippen LogP contribution in [0.2, 0.25) is 0 Å². The van der Waals surface area contributed by atoms with Crippen LogP contribution in [0, 0.1) is 12.7 Å². The highest BCUT2D eigenvalue weighted by Crippen LogP contribution is 2.13. The average Bonchev–Trinajstić information content (AvgIpc) is 2.16. The van der Waals surface area contributed by atoms with Crippen molar-refractivity contribution in [3.05, 3.63) is 29.6 Å². The zero-order valence-corrected chi connectivity index (χ0v) is 9.65. The van der Waals surface area contributed by atoms with E-state index in [0.717, 1.165) is 24.2 Å². The minimum absolute atomic E-state index is 0.161. The number of benzene rings is 1. The van der Waals surface area contributed by atoms with Crippen LogP contribution in [-0.2, 0) is 0 Å². The van der Waals surface area contributed by atoms with E-state index in [-0.39, 0.29) is 5.82 Å². The van der Waals surface area contributed by atoms with Gasteiger partial charge in [0.2, 0.25) is 0 Å². The average molecular weight is 209 g/mol. The minimum atomic E-state index is -0.161. The Hall–Kier alpha value is -1.05. The molecule has 1 aromatic rings. The van der Waals surface area contributed by atoms with Crippen molar-refractivity contribution < 1.29 is 4.39 Å². The van der Waals surface area contributed by atoms with Gasteiger partial charge in [-0.05, 0) is 37.1 Å². The highest BCUT2D eigenvalue weighted by molar-refractivity contribution is 5.45. The molecule has 15 heavy (non-hydrogen) atoms. The van der Waals surface area contributed by atoms with Crippen molar-refractivity contribution in [1.82, 2.24) is 0 Å². The number of rotatable bonds is 6. The summed E-state index contributed by atoms with van der Waals surface area (Å²) in [6.45, 7) is 5.04. The fourth-order valence-electron chi connectivity index (χ4n) is 1.62. The monoisotopic (exact) mass is 209 g/mol. The summed E-state index contributed by atoms with van der Waals surface area (Å²) in [7, 11) is 0. The maximum Gasteiger partial charge on any atom is 0.125 e. The zero-order valence-electron chi connectivity index (χ0n) is 9.65. The second kappa shape index (κ2) is 6.44. The molecule has 0 saturated heterocycles. The van der Waals surface area contributed by atoms with E-state index in [2.05, 4.69) is 12.2 Å². The molecule has 1 nitrogen and oxygen atoms in total. The normalized spacial score (nSPS) is 10.3. The Kier molecular flexibility index (Phi) is 5.16. The van der Waals surface area contributed by atoms with E-state index in [1.54, 1.807) is 12.1 Å². The van der Waals surface area contributed by atoms with E-state index in [1.165, 1.54) is 19.3 Å². The molecule has 0 aromatic heterocycles. The lowest BCUT2D eigenvalue weighted by Crippen LogP contribution is -2.01. The topological polar surface area (TPSA) is 12.0 Å². The Labute approximate surface area is 91.7 Å². The highest BCUT2D eigenvalue weighted by atomic mass is 19.1. The Morgan fingerprint density at radius 1 is 1.13 bits per heavy atom. The molecule has 0 spiro atoms. The van der Waals surface area contributed by atoms with Gasteiger partial charge in [-0.3, -0.25) is 0 Å². The first-order valence-electron chi connectivity index (χ1n) is 5.73. The van der Waals surface area contributed by atoms with Gasteiger partial charge in [0.1, 0.15) is 5.82 Å². The van der Waals surface area contributed by atoms with Crippen LogP contribution in [0.5, 0.6) is 0 Å². The summed E-state index contributed by atoms with van der Waals surface area (Å²) in [5, 5.41) is 3.25. The highest BCUT2D eigenvalue weighted by Gasteiger charge is 1.96. The molecule has 0 aliphatic rings. The summed E-state index contributed by atoms with van der Waals surface area (Å²) in [4.78, 5) is 0. The first-order chi connectivity index (χ1) is 7.22. The summed E-state index contributed by atoms with van der Waals surface area (Å²) in [6.07, 6.45) is 4.93. The minimum Gasteiger partial charge on any atom is -0.385 e. The molecular weight excluding hydrogens is 189 g/mol. The lowest BCUT2D eigenvalue weighted by Gasteiger charge is -2.07. The fraction of sp³-hybridized carbons (Fsp3) is 0.538. The number of hydrogen-bond donors (Lipinski definition) is 1. The molecular formula is C13H20FN. The van der Waals surface area contributed by atoms with Gasteiger partial charge >= 0.3 is 0 Å². The van der Waals surface area contributed by atoms with Gasteiger partial charge in [-0.1, -0.05) is 26.2 Å². The molecule has 0 bridgehead atoms. The van der Waals surface area contributed by atoms with Crippen LogP contribution in [0.15, 0.2) is 18.2 Å². The Balaban J connectivity index is 2.31. The number of aryl methyl sites for hydroxylation is 1. The van der Waals surface area contributed by atoms with Crippen LogP contribution in [-0.4, -0.2) is 6.54 Å². The maximum absolute atomic E-state index is 13.0. The smallest absolute Gasteiger partial charge is 0.125 e. The summed E-state index contributed by atoms with van der Waals surface area (Å²) in [5.74, 6) is -0.161. The predicted molar refractivity (Wildman–Crippen MR) is 63.8 cm³/mol. The van der Waals surface area contributed by atoms with E-state index in [0.29, 0.717) is 0 Å². The van der Waals surface area contributed by atoms with Gasteiger partial charge in [0, 0.05) is 12.2 Å². The van der Waals surface area contributed by atoms with Gasteiger partial charge in [0.25, 0.3) is 0 Å². The van der Waals surface area contributed by atoms with E-state index in [9.17, 15) is 4.39 Å². The number of hydrogen-bond acceptors (Lipinski definition) is 1. The van der Waals surface area contributed by atoms with Crippen LogP contribution < -0.4 is 5.32 Å². The standard InChI is InChI=1S/C13H20FN/c1-3-4-5-6-7-15-13-9-11(2)8-12(14)10-13/h8-10,15H,3-7H2,1-2H3. The third-order valence-corrected chi connectivity index (χ3v) is 2.40. The molecule has 0 aliphatic heterocycles. The van der Waals surface area contributed by atoms with Crippen molar-refractivity contribution in [3.63, 3.8) is 0 Å². The SMILES string of the molecule is CCCCCCNc1cc(C)cc(F)c1. The third-order valence-electron chi connectivity index (χ3n) is 2.40. The molecule has 1 N–H and O–H groups in total. The van der Waals surface area contributed by atoms with E-state index >= 15 is 0 Å². The molecule has 0 saturated carbocycles. The molecule has 1 aromatic carbocycles. The molecule has 0 fully saturated rings. The van der Waals surface area contributed by atoms with Gasteiger partial charge in [-0.2, -0.15) is 0 Å². The molecule has 1 rings (SSSR count). The van der Waals surface area contributed by atoms with Gasteiger partial charge in [0.05, 0.1) is 0 Å². The second-order valence-electron chi connectivity index (χ2n) is 4.00. The van der Waals surface area contributed by atoms with Crippen LogP contribution >= 0.6 is 0 Å². The summed E-state index contributed by atoms with van der Waals surface area (Å²) >= 11 is 0. The van der Waals surface area contributed by atoms with Gasteiger partial charge in [0.15, 0.2) is 0 Å². The van der Waals surface area contributed by atoms with Crippen molar-refractivity contribution in [2.75, 3.05) is 11.9 Å². The van der Waals surface area contributed by atoms with E-state index in [4.69, 9.17) is 0 Å². The Morgan fingerprint density at radius 3 is 2.60 bits per heavy atom. The molecule has 0 unspecified atom stereocenters. The third kappa shape index (κ3) is 4.82. The maximum atomic E-state index is 13.0. The number of halogens is 1. The predicted octanol–water partition coefficient (Wildman–Crippen LogP) is 4.13. The first-order valence-corrected chi connectivity index (χ1v) is 5.73. The van der Waals surface area contributed by atoms with E-state index in [1.807, 2.05) is 13.0 Å². The van der Waals surface area contributed by atoms with Crippen molar-refractivity contribution in [2.24, 2.45) is 0 Å². The molecule has 84 valence electrons. The molecule has 0 radical (unpaired) electrons. The van der Waals surface area contributed by atoms with Gasteiger partial charge in [-0.25, -0.2) is 4.39 Å². The van der Waals surface area contributed by atoms with Crippen LogP contribution in [0.1, 0.15) is 38.2 Å². The lowest BCUT2D eigenvalue weighted by atomic mass is 10.2. The zero-order chi connectivity index (χ0) is 11.1. The number of nitrogens with one attached hydrogen (secondary N) is 1. The number of anilines is 1. The largest absolute Gasteiger partial charge is 0.385 e. The summed E-state index contributed by atoms with van der Waals surface area (Å²) in [6, 6.07) is 5.07. The Morgan fingerprint density at radius 2 is 1.93 bits per heavy atom. The quantitative estimate of drug-likeness (QED) is 0.695. The first kappa shape index (κ1) is 12.0. The number of unbranched alkanes of at least 4 members (excludes halogenated alkanes) is 3. The van der Waals surface area contributed by atoms with Gasteiger partial charge < -0.3 is 5.32 Å². The van der Waals surface area contributed by atoms with Crippen molar-refractivity contribution in [2.45, 2.75) is 39.5 Å². The molecule has 0 atom stereocenters. The fourth-order valence-corrected chi connectivity index (χ4v) is 1.62. The molecule has 2 heteroatoms. The van der Waals surface area contributed by atoms with Crippen LogP contribution in [0.4, 0.5) is 10.1 Å². The molecule has 0 heterocycles. The Bertz CT molecular complexity index is 276. The van der Waals surface area contributed by atoms with Crippen molar-refractivity contribution in [3.8, 4) is 0 Å². The van der Waals surface area contributed by atoms with Crippen molar-refractivity contribution in [1.29, 1.82) is 0 Å². The van der Waals surface area contributed by atoms with Crippen LogP contribution in [0.3, 0.4) is 0 Å². The lowest BCUT2D eigenvalue weighted by molar-refractivity contribution is 0.626. The van der Waals surface area contributed by atoms with Gasteiger partial charge in [-0.15, -0.1) is 0 Å². The summed E-state index contributed by atoms with van der Waals surface area (Å²) < 4.78 is 13.0. The summed E-state index contributed by atoms with van der Waals surface area (Å²) in [5.41, 5.74) is 1.86. The second-order valence-corrected chi connectivity index (χ2v) is 4.00. The molecule has 0 amide bonds. The van der Waals surface area contributed by atoms with E-state index < -0.39 is 0 Å². The molecule has 0 aliphatic carbocycles. The van der Waals surface area contributed by atoms with Crippen molar-refractivity contribution >= 4 is 5.69 Å². The van der Waals surface area contributed by atoms with Crippen LogP contribution in [0.25, 0.3) is 0 Å².